The number of sulfonamides is 1. The third kappa shape index (κ3) is 4.07. The van der Waals surface area contributed by atoms with Crippen LogP contribution in [0.4, 0.5) is 0 Å². The van der Waals surface area contributed by atoms with Gasteiger partial charge >= 0.3 is 0 Å². The first-order valence-corrected chi connectivity index (χ1v) is 10.7. The second kappa shape index (κ2) is 7.75. The first-order valence-electron chi connectivity index (χ1n) is 7.84. The van der Waals surface area contributed by atoms with E-state index in [1.807, 2.05) is 30.3 Å². The summed E-state index contributed by atoms with van der Waals surface area (Å²) in [7, 11) is -2.01. The van der Waals surface area contributed by atoms with Crippen molar-refractivity contribution in [1.82, 2.24) is 10.0 Å². The number of amides is 1. The number of nitrogens with one attached hydrogen (secondary N) is 2. The lowest BCUT2D eigenvalue weighted by molar-refractivity contribution is 0.0955. The van der Waals surface area contributed by atoms with Crippen molar-refractivity contribution in [2.75, 3.05) is 7.05 Å². The summed E-state index contributed by atoms with van der Waals surface area (Å²) in [6.45, 7) is 0.221. The van der Waals surface area contributed by atoms with E-state index >= 15 is 0 Å². The van der Waals surface area contributed by atoms with E-state index in [1.165, 1.54) is 18.4 Å². The average molecular weight is 409 g/mol. The van der Waals surface area contributed by atoms with Gasteiger partial charge in [0, 0.05) is 16.6 Å². The number of hydrogen-bond acceptors (Lipinski definition) is 4. The number of fused-ring (bicyclic) bond motifs is 1. The van der Waals surface area contributed by atoms with E-state index in [2.05, 4.69) is 10.0 Å². The molecule has 0 spiro atoms. The molecule has 3 rings (SSSR count). The van der Waals surface area contributed by atoms with Gasteiger partial charge in [-0.05, 0) is 24.2 Å². The zero-order valence-electron chi connectivity index (χ0n) is 14.0. The van der Waals surface area contributed by atoms with Crippen molar-refractivity contribution in [2.45, 2.75) is 12.3 Å². The lowest BCUT2D eigenvalue weighted by Crippen LogP contribution is -2.24. The summed E-state index contributed by atoms with van der Waals surface area (Å²) in [4.78, 5) is 13.0. The maximum atomic E-state index is 12.5. The van der Waals surface area contributed by atoms with Gasteiger partial charge < -0.3 is 5.32 Å². The van der Waals surface area contributed by atoms with Crippen LogP contribution in [0.3, 0.4) is 0 Å². The number of carbonyl (C=O) groups excluding carboxylic acids is 1. The summed E-state index contributed by atoms with van der Waals surface area (Å²) in [5, 5.41) is 4.12. The molecule has 5 nitrogen and oxygen atoms in total. The molecule has 0 aliphatic rings. The van der Waals surface area contributed by atoms with Gasteiger partial charge in [0.05, 0.1) is 10.8 Å². The van der Waals surface area contributed by atoms with Crippen molar-refractivity contribution >= 4 is 49.0 Å². The van der Waals surface area contributed by atoms with Crippen LogP contribution in [0.2, 0.25) is 5.02 Å². The van der Waals surface area contributed by atoms with Crippen molar-refractivity contribution in [3.05, 3.63) is 69.6 Å². The molecule has 1 heterocycles. The molecule has 0 radical (unpaired) electrons. The molecule has 136 valence electrons. The van der Waals surface area contributed by atoms with Crippen LogP contribution in [0.15, 0.2) is 48.5 Å². The van der Waals surface area contributed by atoms with E-state index < -0.39 is 10.0 Å². The maximum Gasteiger partial charge on any atom is 0.263 e. The number of halogens is 1. The molecule has 26 heavy (non-hydrogen) atoms. The third-order valence-corrected chi connectivity index (χ3v) is 6.94. The van der Waals surface area contributed by atoms with Gasteiger partial charge in [0.15, 0.2) is 0 Å². The molecule has 0 bridgehead atoms. The Morgan fingerprint density at radius 1 is 1.08 bits per heavy atom. The zero-order chi connectivity index (χ0) is 18.7. The highest BCUT2D eigenvalue weighted by atomic mass is 35.5. The van der Waals surface area contributed by atoms with Crippen LogP contribution >= 0.6 is 22.9 Å². The van der Waals surface area contributed by atoms with Gasteiger partial charge in [0.1, 0.15) is 4.88 Å². The largest absolute Gasteiger partial charge is 0.347 e. The standard InChI is InChI=1S/C18H17ClN2O3S2/c1-20-26(23,24)11-13-7-3-2-6-12(13)10-21-18(22)17-16(19)14-8-4-5-9-15(14)25-17/h2-9,20H,10-11H2,1H3,(H,21,22). The van der Waals surface area contributed by atoms with Crippen LogP contribution < -0.4 is 10.0 Å². The molecular formula is C18H17ClN2O3S2. The van der Waals surface area contributed by atoms with Gasteiger partial charge in [-0.15, -0.1) is 11.3 Å². The fourth-order valence-electron chi connectivity index (χ4n) is 2.56. The zero-order valence-corrected chi connectivity index (χ0v) is 16.3. The Bertz CT molecular complexity index is 1060. The Labute approximate surface area is 161 Å². The SMILES string of the molecule is CNS(=O)(=O)Cc1ccccc1CNC(=O)c1sc2ccccc2c1Cl. The highest BCUT2D eigenvalue weighted by Crippen LogP contribution is 2.35. The minimum Gasteiger partial charge on any atom is -0.347 e. The van der Waals surface area contributed by atoms with Crippen LogP contribution in [0, 0.1) is 0 Å². The van der Waals surface area contributed by atoms with Crippen molar-refractivity contribution in [3.63, 3.8) is 0 Å². The molecule has 2 N–H and O–H groups in total. The topological polar surface area (TPSA) is 75.3 Å². The fourth-order valence-corrected chi connectivity index (χ4v) is 4.83. The van der Waals surface area contributed by atoms with Crippen LogP contribution in [0.5, 0.6) is 0 Å². The molecule has 0 saturated carbocycles. The third-order valence-electron chi connectivity index (χ3n) is 3.96. The minimum absolute atomic E-state index is 0.140. The normalized spacial score (nSPS) is 11.6. The summed E-state index contributed by atoms with van der Waals surface area (Å²) in [6.07, 6.45) is 0. The second-order valence-electron chi connectivity index (χ2n) is 5.66. The Morgan fingerprint density at radius 2 is 1.73 bits per heavy atom. The Hall–Kier alpha value is -1.93. The van der Waals surface area contributed by atoms with Crippen molar-refractivity contribution in [1.29, 1.82) is 0 Å². The summed E-state index contributed by atoms with van der Waals surface area (Å²) in [6, 6.07) is 14.7. The Kier molecular flexibility index (Phi) is 5.62. The van der Waals surface area contributed by atoms with E-state index in [0.29, 0.717) is 15.5 Å². The van der Waals surface area contributed by atoms with Gasteiger partial charge in [-0.25, -0.2) is 13.1 Å². The highest BCUT2D eigenvalue weighted by Gasteiger charge is 2.17. The molecule has 0 fully saturated rings. The molecule has 0 atom stereocenters. The van der Waals surface area contributed by atoms with Crippen LogP contribution in [-0.4, -0.2) is 21.4 Å². The average Bonchev–Trinajstić information content (AvgIpc) is 2.98. The van der Waals surface area contributed by atoms with Crippen LogP contribution in [0.25, 0.3) is 10.1 Å². The van der Waals surface area contributed by atoms with Crippen LogP contribution in [0.1, 0.15) is 20.8 Å². The van der Waals surface area contributed by atoms with E-state index in [1.54, 1.807) is 18.2 Å². The van der Waals surface area contributed by atoms with E-state index in [-0.39, 0.29) is 18.2 Å². The van der Waals surface area contributed by atoms with Crippen molar-refractivity contribution in [2.24, 2.45) is 0 Å². The van der Waals surface area contributed by atoms with Gasteiger partial charge in [-0.3, -0.25) is 4.79 Å². The number of thiophene rings is 1. The molecule has 2 aromatic carbocycles. The Morgan fingerprint density at radius 3 is 2.42 bits per heavy atom. The summed E-state index contributed by atoms with van der Waals surface area (Å²) in [5.41, 5.74) is 1.39. The number of benzene rings is 2. The first-order chi connectivity index (χ1) is 12.4. The monoisotopic (exact) mass is 408 g/mol. The van der Waals surface area contributed by atoms with E-state index in [4.69, 9.17) is 11.6 Å². The lowest BCUT2D eigenvalue weighted by atomic mass is 10.1. The van der Waals surface area contributed by atoms with Crippen LogP contribution in [-0.2, 0) is 22.3 Å². The second-order valence-corrected chi connectivity index (χ2v) is 9.01. The summed E-state index contributed by atoms with van der Waals surface area (Å²) in [5.74, 6) is -0.415. The van der Waals surface area contributed by atoms with E-state index in [9.17, 15) is 13.2 Å². The minimum atomic E-state index is -3.39. The molecule has 0 unspecified atom stereocenters. The molecule has 0 saturated heterocycles. The molecule has 3 aromatic rings. The predicted octanol–water partition coefficient (Wildman–Crippen LogP) is 3.53. The van der Waals surface area contributed by atoms with Gasteiger partial charge in [-0.1, -0.05) is 54.1 Å². The quantitative estimate of drug-likeness (QED) is 0.655. The highest BCUT2D eigenvalue weighted by molar-refractivity contribution is 7.88. The number of carbonyl (C=O) groups is 1. The first kappa shape index (κ1) is 18.8. The lowest BCUT2D eigenvalue weighted by Gasteiger charge is -2.10. The molecule has 0 aliphatic heterocycles. The van der Waals surface area contributed by atoms with Crippen molar-refractivity contribution < 1.29 is 13.2 Å². The van der Waals surface area contributed by atoms with Gasteiger partial charge in [0.2, 0.25) is 10.0 Å². The smallest absolute Gasteiger partial charge is 0.263 e. The fraction of sp³-hybridized carbons (Fsp3) is 0.167. The number of rotatable bonds is 6. The van der Waals surface area contributed by atoms with Crippen molar-refractivity contribution in [3.8, 4) is 0 Å². The molecular weight excluding hydrogens is 392 g/mol. The van der Waals surface area contributed by atoms with E-state index in [0.717, 1.165) is 15.6 Å². The molecule has 1 aromatic heterocycles. The molecule has 1 amide bonds. The summed E-state index contributed by atoms with van der Waals surface area (Å²) >= 11 is 7.67. The number of hydrogen-bond donors (Lipinski definition) is 2. The molecule has 0 aliphatic carbocycles. The van der Waals surface area contributed by atoms with Gasteiger partial charge in [0.25, 0.3) is 5.91 Å². The Balaban J connectivity index is 1.78. The summed E-state index contributed by atoms with van der Waals surface area (Å²) < 4.78 is 26.9. The molecule has 8 heteroatoms. The maximum absolute atomic E-state index is 12.5. The predicted molar refractivity (Wildman–Crippen MR) is 106 cm³/mol. The van der Waals surface area contributed by atoms with Gasteiger partial charge in [-0.2, -0.15) is 0 Å².